The second kappa shape index (κ2) is 11.0. The highest BCUT2D eigenvalue weighted by Gasteiger charge is 2.27. The highest BCUT2D eigenvalue weighted by molar-refractivity contribution is 7.92. The van der Waals surface area contributed by atoms with Crippen LogP contribution in [0.15, 0.2) is 83.8 Å². The van der Waals surface area contributed by atoms with Crippen LogP contribution < -0.4 is 14.4 Å². The smallest absolute Gasteiger partial charge is 0.264 e. The first-order valence-electron chi connectivity index (χ1n) is 10.6. The molecule has 174 valence electrons. The van der Waals surface area contributed by atoms with Crippen molar-refractivity contribution >= 4 is 21.6 Å². The van der Waals surface area contributed by atoms with Crippen molar-refractivity contribution in [2.24, 2.45) is 0 Å². The van der Waals surface area contributed by atoms with Crippen molar-refractivity contribution in [3.8, 4) is 5.75 Å². The highest BCUT2D eigenvalue weighted by Crippen LogP contribution is 2.25. The van der Waals surface area contributed by atoms with Gasteiger partial charge in [-0.25, -0.2) is 12.8 Å². The van der Waals surface area contributed by atoms with Gasteiger partial charge in [-0.3, -0.25) is 9.10 Å². The summed E-state index contributed by atoms with van der Waals surface area (Å²) in [7, 11) is -4.09. The number of amides is 1. The lowest BCUT2D eigenvalue weighted by molar-refractivity contribution is -0.119. The van der Waals surface area contributed by atoms with Gasteiger partial charge in [0.25, 0.3) is 10.0 Å². The number of nitrogens with zero attached hydrogens (tertiary/aromatic N) is 1. The fraction of sp³-hybridized carbons (Fsp3) is 0.240. The third-order valence-electron chi connectivity index (χ3n) is 5.10. The third kappa shape index (κ3) is 6.32. The fourth-order valence-corrected chi connectivity index (χ4v) is 4.70. The summed E-state index contributed by atoms with van der Waals surface area (Å²) in [4.78, 5) is 12.7. The molecule has 3 rings (SSSR count). The fourth-order valence-electron chi connectivity index (χ4n) is 3.28. The molecule has 3 aromatic rings. The zero-order valence-electron chi connectivity index (χ0n) is 18.6. The number of anilines is 1. The van der Waals surface area contributed by atoms with Gasteiger partial charge >= 0.3 is 0 Å². The minimum Gasteiger partial charge on any atom is -0.494 e. The number of nitrogens with one attached hydrogen (secondary N) is 1. The summed E-state index contributed by atoms with van der Waals surface area (Å²) in [6.45, 7) is 4.17. The maximum atomic E-state index is 13.5. The molecule has 0 aliphatic heterocycles. The van der Waals surface area contributed by atoms with Crippen LogP contribution in [0.5, 0.6) is 5.75 Å². The molecule has 0 bridgehead atoms. The quantitative estimate of drug-likeness (QED) is 0.478. The van der Waals surface area contributed by atoms with E-state index in [1.54, 1.807) is 12.1 Å². The molecule has 0 heterocycles. The predicted octanol–water partition coefficient (Wildman–Crippen LogP) is 4.34. The van der Waals surface area contributed by atoms with Crippen molar-refractivity contribution in [2.45, 2.75) is 24.7 Å². The van der Waals surface area contributed by atoms with Crippen LogP contribution in [0.3, 0.4) is 0 Å². The molecule has 0 spiro atoms. The molecule has 3 aromatic carbocycles. The Morgan fingerprint density at radius 1 is 1.00 bits per heavy atom. The van der Waals surface area contributed by atoms with Crippen LogP contribution in [0.25, 0.3) is 0 Å². The molecule has 0 fully saturated rings. The lowest BCUT2D eigenvalue weighted by atomic mass is 10.0. The van der Waals surface area contributed by atoms with E-state index >= 15 is 0 Å². The molecule has 33 heavy (non-hydrogen) atoms. The number of rotatable bonds is 10. The van der Waals surface area contributed by atoms with E-state index in [0.717, 1.165) is 22.0 Å². The number of hydrogen-bond acceptors (Lipinski definition) is 4. The molecule has 6 nitrogen and oxygen atoms in total. The Kier molecular flexibility index (Phi) is 8.06. The van der Waals surface area contributed by atoms with Crippen LogP contribution in [-0.2, 0) is 14.8 Å². The molecule has 0 saturated heterocycles. The van der Waals surface area contributed by atoms with E-state index in [2.05, 4.69) is 5.32 Å². The average molecular weight is 471 g/mol. The summed E-state index contributed by atoms with van der Waals surface area (Å²) in [6, 6.07) is 20.7. The van der Waals surface area contributed by atoms with Crippen molar-refractivity contribution in [3.05, 3.63) is 90.2 Å². The summed E-state index contributed by atoms with van der Waals surface area (Å²) >= 11 is 0. The molecule has 1 atom stereocenters. The van der Waals surface area contributed by atoms with Gasteiger partial charge in [0.1, 0.15) is 18.1 Å². The van der Waals surface area contributed by atoms with Gasteiger partial charge in [0, 0.05) is 6.54 Å². The Hall–Kier alpha value is -3.39. The standard InChI is InChI=1S/C25H27FN2O4S/c1-3-32-23-13-15-24(16-14-23)33(30,31)28(22-11-9-21(26)10-12-22)18-25(29)27-17-19(2)20-7-5-4-6-8-20/h4-16,19H,3,17-18H2,1-2H3,(H,27,29). The van der Waals surface area contributed by atoms with Crippen molar-refractivity contribution in [3.63, 3.8) is 0 Å². The van der Waals surface area contributed by atoms with E-state index in [-0.39, 0.29) is 16.5 Å². The van der Waals surface area contributed by atoms with Crippen LogP contribution >= 0.6 is 0 Å². The molecule has 0 radical (unpaired) electrons. The largest absolute Gasteiger partial charge is 0.494 e. The summed E-state index contributed by atoms with van der Waals surface area (Å²) < 4.78 is 46.6. The highest BCUT2D eigenvalue weighted by atomic mass is 32.2. The molecule has 0 aliphatic carbocycles. The Morgan fingerprint density at radius 2 is 1.64 bits per heavy atom. The van der Waals surface area contributed by atoms with Gasteiger partial charge in [0.05, 0.1) is 17.2 Å². The SMILES string of the molecule is CCOc1ccc(S(=O)(=O)N(CC(=O)NCC(C)c2ccccc2)c2ccc(F)cc2)cc1. The summed E-state index contributed by atoms with van der Waals surface area (Å²) in [5, 5.41) is 2.80. The second-order valence-electron chi connectivity index (χ2n) is 7.51. The first-order chi connectivity index (χ1) is 15.8. The second-order valence-corrected chi connectivity index (χ2v) is 9.37. The lowest BCUT2D eigenvalue weighted by Crippen LogP contribution is -2.41. The van der Waals surface area contributed by atoms with Crippen molar-refractivity contribution < 1.29 is 22.3 Å². The third-order valence-corrected chi connectivity index (χ3v) is 6.89. The number of carbonyl (C=O) groups excluding carboxylic acids is 1. The molecule has 1 amide bonds. The monoisotopic (exact) mass is 470 g/mol. The van der Waals surface area contributed by atoms with Crippen LogP contribution in [0, 0.1) is 5.82 Å². The maximum absolute atomic E-state index is 13.5. The molecule has 1 unspecified atom stereocenters. The van der Waals surface area contributed by atoms with E-state index in [4.69, 9.17) is 4.74 Å². The van der Waals surface area contributed by atoms with Crippen molar-refractivity contribution in [2.75, 3.05) is 24.0 Å². The Balaban J connectivity index is 1.80. The van der Waals surface area contributed by atoms with Crippen LogP contribution in [0.4, 0.5) is 10.1 Å². The number of ether oxygens (including phenoxy) is 1. The number of hydrogen-bond donors (Lipinski definition) is 1. The maximum Gasteiger partial charge on any atom is 0.264 e. The van der Waals surface area contributed by atoms with Gasteiger partial charge in [-0.2, -0.15) is 0 Å². The van der Waals surface area contributed by atoms with Crippen LogP contribution in [-0.4, -0.2) is 34.0 Å². The van der Waals surface area contributed by atoms with E-state index in [1.807, 2.05) is 44.2 Å². The minimum atomic E-state index is -4.09. The molecule has 0 saturated carbocycles. The van der Waals surface area contributed by atoms with Crippen LogP contribution in [0.2, 0.25) is 0 Å². The van der Waals surface area contributed by atoms with Crippen LogP contribution in [0.1, 0.15) is 25.3 Å². The molecule has 1 N–H and O–H groups in total. The van der Waals surface area contributed by atoms with E-state index in [9.17, 15) is 17.6 Å². The van der Waals surface area contributed by atoms with Gasteiger partial charge in [0.2, 0.25) is 5.91 Å². The molecular weight excluding hydrogens is 443 g/mol. The topological polar surface area (TPSA) is 75.7 Å². The Bertz CT molecular complexity index is 1150. The zero-order chi connectivity index (χ0) is 23.8. The predicted molar refractivity (Wildman–Crippen MR) is 126 cm³/mol. The summed E-state index contributed by atoms with van der Waals surface area (Å²) in [6.07, 6.45) is 0. The summed E-state index contributed by atoms with van der Waals surface area (Å²) in [5.41, 5.74) is 1.26. The Morgan fingerprint density at radius 3 is 2.24 bits per heavy atom. The zero-order valence-corrected chi connectivity index (χ0v) is 19.4. The van der Waals surface area contributed by atoms with Gasteiger partial charge in [-0.1, -0.05) is 37.3 Å². The van der Waals surface area contributed by atoms with E-state index in [0.29, 0.717) is 18.9 Å². The molecular formula is C25H27FN2O4S. The number of sulfonamides is 1. The van der Waals surface area contributed by atoms with E-state index in [1.165, 1.54) is 24.3 Å². The summed E-state index contributed by atoms with van der Waals surface area (Å²) in [5.74, 6) is -0.371. The molecule has 8 heteroatoms. The van der Waals surface area contributed by atoms with Gasteiger partial charge in [0.15, 0.2) is 0 Å². The average Bonchev–Trinajstić information content (AvgIpc) is 2.83. The molecule has 0 aliphatic rings. The first kappa shape index (κ1) is 24.3. The minimum absolute atomic E-state index is 0.000677. The van der Waals surface area contributed by atoms with Crippen molar-refractivity contribution in [1.82, 2.24) is 5.32 Å². The number of halogens is 1. The molecule has 0 aromatic heterocycles. The van der Waals surface area contributed by atoms with Crippen molar-refractivity contribution in [1.29, 1.82) is 0 Å². The normalized spacial score (nSPS) is 12.1. The first-order valence-corrected chi connectivity index (χ1v) is 12.1. The Labute approximate surface area is 194 Å². The van der Waals surface area contributed by atoms with Gasteiger partial charge in [-0.05, 0) is 66.9 Å². The van der Waals surface area contributed by atoms with Gasteiger partial charge < -0.3 is 10.1 Å². The van der Waals surface area contributed by atoms with Gasteiger partial charge in [-0.15, -0.1) is 0 Å². The lowest BCUT2D eigenvalue weighted by Gasteiger charge is -2.24. The number of carbonyl (C=O) groups is 1. The number of benzene rings is 3. The van der Waals surface area contributed by atoms with E-state index < -0.39 is 28.3 Å².